The van der Waals surface area contributed by atoms with E-state index in [1.807, 2.05) is 19.1 Å². The van der Waals surface area contributed by atoms with Crippen LogP contribution in [0.15, 0.2) is 30.9 Å². The fraction of sp³-hybridized carbons (Fsp3) is 0.214. The van der Waals surface area contributed by atoms with E-state index in [2.05, 4.69) is 31.4 Å². The Hall–Kier alpha value is -3.21. The summed E-state index contributed by atoms with van der Waals surface area (Å²) in [5.74, 6) is 1.13. The summed E-state index contributed by atoms with van der Waals surface area (Å²) in [6.45, 7) is 2.76. The number of pyridine rings is 1. The SMILES string of the molecule is CCOc1nc2ncnn2c(NCc2ccncc2)c1C#N. The summed E-state index contributed by atoms with van der Waals surface area (Å²) in [5.41, 5.74) is 1.33. The number of anilines is 1. The molecule has 0 aliphatic carbocycles. The molecule has 3 aromatic rings. The second-order valence-corrected chi connectivity index (χ2v) is 4.37. The Kier molecular flexibility index (Phi) is 3.78. The van der Waals surface area contributed by atoms with Gasteiger partial charge in [-0.05, 0) is 24.6 Å². The van der Waals surface area contributed by atoms with Gasteiger partial charge in [-0.2, -0.15) is 24.8 Å². The van der Waals surface area contributed by atoms with Crippen molar-refractivity contribution in [2.24, 2.45) is 0 Å². The number of nitrogens with one attached hydrogen (secondary N) is 1. The van der Waals surface area contributed by atoms with Crippen molar-refractivity contribution in [1.82, 2.24) is 24.6 Å². The summed E-state index contributed by atoms with van der Waals surface area (Å²) in [7, 11) is 0. The molecule has 8 heteroatoms. The predicted molar refractivity (Wildman–Crippen MR) is 78.2 cm³/mol. The molecule has 0 aliphatic heterocycles. The highest BCUT2D eigenvalue weighted by Crippen LogP contribution is 2.24. The monoisotopic (exact) mass is 295 g/mol. The number of rotatable bonds is 5. The molecule has 3 heterocycles. The molecule has 3 aromatic heterocycles. The Labute approximate surface area is 126 Å². The van der Waals surface area contributed by atoms with Crippen molar-refractivity contribution in [3.8, 4) is 11.9 Å². The molecule has 8 nitrogen and oxygen atoms in total. The van der Waals surface area contributed by atoms with Gasteiger partial charge in [0.15, 0.2) is 11.4 Å². The lowest BCUT2D eigenvalue weighted by atomic mass is 10.2. The Morgan fingerprint density at radius 1 is 1.36 bits per heavy atom. The van der Waals surface area contributed by atoms with Gasteiger partial charge in [-0.15, -0.1) is 0 Å². The first-order valence-corrected chi connectivity index (χ1v) is 6.73. The van der Waals surface area contributed by atoms with Crippen molar-refractivity contribution in [3.05, 3.63) is 42.0 Å². The van der Waals surface area contributed by atoms with E-state index in [1.165, 1.54) is 10.8 Å². The molecule has 0 fully saturated rings. The van der Waals surface area contributed by atoms with E-state index in [0.29, 0.717) is 30.3 Å². The van der Waals surface area contributed by atoms with Gasteiger partial charge in [-0.3, -0.25) is 4.98 Å². The maximum Gasteiger partial charge on any atom is 0.257 e. The summed E-state index contributed by atoms with van der Waals surface area (Å²) in [5, 5.41) is 16.7. The van der Waals surface area contributed by atoms with E-state index >= 15 is 0 Å². The van der Waals surface area contributed by atoms with Crippen LogP contribution in [0.3, 0.4) is 0 Å². The lowest BCUT2D eigenvalue weighted by Gasteiger charge is -2.12. The zero-order chi connectivity index (χ0) is 15.4. The third-order valence-corrected chi connectivity index (χ3v) is 3.00. The van der Waals surface area contributed by atoms with Crippen LogP contribution in [-0.2, 0) is 6.54 Å². The molecule has 0 saturated heterocycles. The van der Waals surface area contributed by atoms with Crippen LogP contribution in [0.1, 0.15) is 18.1 Å². The molecule has 0 saturated carbocycles. The van der Waals surface area contributed by atoms with Crippen LogP contribution in [0.2, 0.25) is 0 Å². The van der Waals surface area contributed by atoms with Crippen molar-refractivity contribution in [2.45, 2.75) is 13.5 Å². The Bertz CT molecular complexity index is 822. The molecule has 0 aliphatic rings. The lowest BCUT2D eigenvalue weighted by Crippen LogP contribution is -2.11. The van der Waals surface area contributed by atoms with E-state index in [1.54, 1.807) is 12.4 Å². The Morgan fingerprint density at radius 2 is 2.18 bits per heavy atom. The normalized spacial score (nSPS) is 10.4. The number of nitriles is 1. The van der Waals surface area contributed by atoms with Crippen molar-refractivity contribution < 1.29 is 4.74 Å². The minimum absolute atomic E-state index is 0.253. The molecule has 0 spiro atoms. The van der Waals surface area contributed by atoms with Crippen molar-refractivity contribution in [1.29, 1.82) is 5.26 Å². The standard InChI is InChI=1S/C14H13N7O/c1-2-22-13-11(7-15)12(21-14(20-13)18-9-19-21)17-8-10-3-5-16-6-4-10/h3-6,9,17H,2,8H2,1H3. The number of hydrogen-bond donors (Lipinski definition) is 1. The van der Waals surface area contributed by atoms with Crippen LogP contribution in [-0.4, -0.2) is 31.2 Å². The highest BCUT2D eigenvalue weighted by Gasteiger charge is 2.17. The van der Waals surface area contributed by atoms with E-state index in [4.69, 9.17) is 4.74 Å². The van der Waals surface area contributed by atoms with Gasteiger partial charge in [-0.1, -0.05) is 0 Å². The van der Waals surface area contributed by atoms with Crippen molar-refractivity contribution >= 4 is 11.6 Å². The number of aromatic nitrogens is 5. The van der Waals surface area contributed by atoms with Gasteiger partial charge in [0.05, 0.1) is 6.61 Å². The fourth-order valence-electron chi connectivity index (χ4n) is 2.01. The largest absolute Gasteiger partial charge is 0.477 e. The smallest absolute Gasteiger partial charge is 0.257 e. The number of fused-ring (bicyclic) bond motifs is 1. The molecule has 0 unspecified atom stereocenters. The number of hydrogen-bond acceptors (Lipinski definition) is 7. The number of ether oxygens (including phenoxy) is 1. The van der Waals surface area contributed by atoms with Gasteiger partial charge in [-0.25, -0.2) is 0 Å². The maximum atomic E-state index is 9.44. The molecule has 0 amide bonds. The van der Waals surface area contributed by atoms with E-state index in [-0.39, 0.29) is 5.88 Å². The zero-order valence-electron chi connectivity index (χ0n) is 11.9. The average Bonchev–Trinajstić information content (AvgIpc) is 3.01. The minimum Gasteiger partial charge on any atom is -0.477 e. The molecule has 3 rings (SSSR count). The van der Waals surface area contributed by atoms with Crippen LogP contribution >= 0.6 is 0 Å². The lowest BCUT2D eigenvalue weighted by molar-refractivity contribution is 0.326. The van der Waals surface area contributed by atoms with Gasteiger partial charge >= 0.3 is 0 Å². The van der Waals surface area contributed by atoms with Gasteiger partial charge in [0.25, 0.3) is 5.78 Å². The van der Waals surface area contributed by atoms with E-state index in [0.717, 1.165) is 5.56 Å². The maximum absolute atomic E-state index is 9.44. The van der Waals surface area contributed by atoms with Crippen LogP contribution in [0.4, 0.5) is 5.82 Å². The van der Waals surface area contributed by atoms with Gasteiger partial charge < -0.3 is 10.1 Å². The van der Waals surface area contributed by atoms with E-state index in [9.17, 15) is 5.26 Å². The molecule has 0 radical (unpaired) electrons. The van der Waals surface area contributed by atoms with Crippen LogP contribution in [0.5, 0.6) is 5.88 Å². The van der Waals surface area contributed by atoms with E-state index < -0.39 is 0 Å². The van der Waals surface area contributed by atoms with Gasteiger partial charge in [0, 0.05) is 18.9 Å². The fourth-order valence-corrected chi connectivity index (χ4v) is 2.01. The molecule has 0 bridgehead atoms. The Balaban J connectivity index is 2.02. The summed E-state index contributed by atoms with van der Waals surface area (Å²) in [6.07, 6.45) is 4.81. The first-order chi connectivity index (χ1) is 10.8. The number of nitrogens with zero attached hydrogens (tertiary/aromatic N) is 6. The molecular weight excluding hydrogens is 282 g/mol. The van der Waals surface area contributed by atoms with Crippen molar-refractivity contribution in [2.75, 3.05) is 11.9 Å². The highest BCUT2D eigenvalue weighted by atomic mass is 16.5. The average molecular weight is 295 g/mol. The Morgan fingerprint density at radius 3 is 2.91 bits per heavy atom. The highest BCUT2D eigenvalue weighted by molar-refractivity contribution is 5.61. The predicted octanol–water partition coefficient (Wildman–Crippen LogP) is 1.40. The summed E-state index contributed by atoms with van der Waals surface area (Å²) in [6, 6.07) is 5.90. The first-order valence-electron chi connectivity index (χ1n) is 6.73. The molecule has 22 heavy (non-hydrogen) atoms. The first kappa shape index (κ1) is 13.8. The second kappa shape index (κ2) is 6.05. The van der Waals surface area contributed by atoms with Gasteiger partial charge in [0.2, 0.25) is 5.88 Å². The third-order valence-electron chi connectivity index (χ3n) is 3.00. The third kappa shape index (κ3) is 2.52. The zero-order valence-corrected chi connectivity index (χ0v) is 11.9. The quantitative estimate of drug-likeness (QED) is 0.759. The van der Waals surface area contributed by atoms with Gasteiger partial charge in [0.1, 0.15) is 12.4 Å². The summed E-state index contributed by atoms with van der Waals surface area (Å²) >= 11 is 0. The van der Waals surface area contributed by atoms with Crippen LogP contribution in [0, 0.1) is 11.3 Å². The second-order valence-electron chi connectivity index (χ2n) is 4.37. The van der Waals surface area contributed by atoms with Crippen LogP contribution in [0.25, 0.3) is 5.78 Å². The van der Waals surface area contributed by atoms with Crippen molar-refractivity contribution in [3.63, 3.8) is 0 Å². The molecule has 0 aromatic carbocycles. The summed E-state index contributed by atoms with van der Waals surface area (Å²) in [4.78, 5) is 12.2. The topological polar surface area (TPSA) is 101 Å². The molecule has 110 valence electrons. The minimum atomic E-state index is 0.253. The molecule has 1 N–H and O–H groups in total. The summed E-state index contributed by atoms with van der Waals surface area (Å²) < 4.78 is 6.92. The molecular formula is C14H13N7O. The van der Waals surface area contributed by atoms with Crippen LogP contribution < -0.4 is 10.1 Å². The molecule has 0 atom stereocenters.